The quantitative estimate of drug-likeness (QED) is 0.840. The van der Waals surface area contributed by atoms with Crippen molar-refractivity contribution in [2.24, 2.45) is 0 Å². The van der Waals surface area contributed by atoms with Crippen LogP contribution in [0.3, 0.4) is 0 Å². The molecule has 1 unspecified atom stereocenters. The third kappa shape index (κ3) is 3.96. The number of hydrogen-bond acceptors (Lipinski definition) is 3. The molecule has 0 aromatic heterocycles. The average molecular weight is 335 g/mol. The highest BCUT2D eigenvalue weighted by molar-refractivity contribution is 9.10. The van der Waals surface area contributed by atoms with Gasteiger partial charge >= 0.3 is 0 Å². The first-order chi connectivity index (χ1) is 8.38. The van der Waals surface area contributed by atoms with Gasteiger partial charge in [-0.15, -0.1) is 0 Å². The molecule has 0 saturated heterocycles. The first kappa shape index (κ1) is 15.5. The van der Waals surface area contributed by atoms with E-state index >= 15 is 0 Å². The summed E-state index contributed by atoms with van der Waals surface area (Å²) < 4.78 is 27.7. The van der Waals surface area contributed by atoms with Crippen LogP contribution in [-0.4, -0.2) is 26.8 Å². The number of benzene rings is 1. The Balaban J connectivity index is 2.85. The molecule has 0 aliphatic carbocycles. The van der Waals surface area contributed by atoms with Crippen molar-refractivity contribution in [2.45, 2.75) is 26.0 Å². The normalized spacial score (nSPS) is 13.3. The van der Waals surface area contributed by atoms with Gasteiger partial charge in [-0.2, -0.15) is 0 Å². The van der Waals surface area contributed by atoms with E-state index in [0.717, 1.165) is 16.6 Å². The fourth-order valence-electron chi connectivity index (χ4n) is 1.43. The lowest BCUT2D eigenvalue weighted by Gasteiger charge is -2.16. The number of sulfonamides is 1. The molecule has 2 N–H and O–H groups in total. The molecule has 1 atom stereocenters. The van der Waals surface area contributed by atoms with Crippen LogP contribution >= 0.6 is 15.9 Å². The molecule has 0 bridgehead atoms. The van der Waals surface area contributed by atoms with E-state index in [1.807, 2.05) is 26.0 Å². The SMILES string of the molecule is CCNCC(C)S(=O)(=O)Nc1cccc(Br)c1C. The van der Waals surface area contributed by atoms with Crippen LogP contribution in [-0.2, 0) is 10.0 Å². The summed E-state index contributed by atoms with van der Waals surface area (Å²) in [4.78, 5) is 0. The van der Waals surface area contributed by atoms with Gasteiger partial charge in [-0.3, -0.25) is 4.72 Å². The molecule has 0 aliphatic heterocycles. The van der Waals surface area contributed by atoms with E-state index in [0.29, 0.717) is 12.2 Å². The van der Waals surface area contributed by atoms with Gasteiger partial charge in [-0.1, -0.05) is 28.9 Å². The molecule has 0 amide bonds. The van der Waals surface area contributed by atoms with Gasteiger partial charge in [-0.05, 0) is 38.1 Å². The lowest BCUT2D eigenvalue weighted by molar-refractivity contribution is 0.579. The van der Waals surface area contributed by atoms with Crippen LogP contribution in [0.5, 0.6) is 0 Å². The van der Waals surface area contributed by atoms with Gasteiger partial charge in [0, 0.05) is 11.0 Å². The van der Waals surface area contributed by atoms with Crippen molar-refractivity contribution < 1.29 is 8.42 Å². The summed E-state index contributed by atoms with van der Waals surface area (Å²) in [5.74, 6) is 0. The number of rotatable bonds is 6. The van der Waals surface area contributed by atoms with E-state index in [4.69, 9.17) is 0 Å². The second-order valence-electron chi connectivity index (χ2n) is 4.18. The summed E-state index contributed by atoms with van der Waals surface area (Å²) >= 11 is 3.39. The van der Waals surface area contributed by atoms with Crippen LogP contribution in [0.15, 0.2) is 22.7 Å². The Kier molecular flexibility index (Phi) is 5.62. The van der Waals surface area contributed by atoms with Crippen LogP contribution in [0.1, 0.15) is 19.4 Å². The second kappa shape index (κ2) is 6.54. The van der Waals surface area contributed by atoms with Crippen LogP contribution in [0.2, 0.25) is 0 Å². The fourth-order valence-corrected chi connectivity index (χ4v) is 2.86. The van der Waals surface area contributed by atoms with Crippen LogP contribution in [0.4, 0.5) is 5.69 Å². The monoisotopic (exact) mass is 334 g/mol. The maximum Gasteiger partial charge on any atom is 0.236 e. The smallest absolute Gasteiger partial charge is 0.236 e. The minimum absolute atomic E-state index is 0.443. The first-order valence-corrected chi connectivity index (χ1v) is 8.20. The van der Waals surface area contributed by atoms with Gasteiger partial charge < -0.3 is 5.32 Å². The van der Waals surface area contributed by atoms with E-state index in [2.05, 4.69) is 26.0 Å². The number of halogens is 1. The molecular weight excluding hydrogens is 316 g/mol. The first-order valence-electron chi connectivity index (χ1n) is 5.86. The standard InChI is InChI=1S/C12H19BrN2O2S/c1-4-14-8-9(2)18(16,17)15-12-7-5-6-11(13)10(12)3/h5-7,9,14-15H,4,8H2,1-3H3. The van der Waals surface area contributed by atoms with Gasteiger partial charge in [0.1, 0.15) is 0 Å². The molecule has 0 heterocycles. The lowest BCUT2D eigenvalue weighted by atomic mass is 10.2. The van der Waals surface area contributed by atoms with E-state index < -0.39 is 15.3 Å². The van der Waals surface area contributed by atoms with E-state index in [1.54, 1.807) is 13.0 Å². The number of nitrogens with one attached hydrogen (secondary N) is 2. The summed E-state index contributed by atoms with van der Waals surface area (Å²) in [7, 11) is -3.36. The average Bonchev–Trinajstić information content (AvgIpc) is 2.31. The highest BCUT2D eigenvalue weighted by Crippen LogP contribution is 2.24. The van der Waals surface area contributed by atoms with Gasteiger partial charge in [0.25, 0.3) is 0 Å². The van der Waals surface area contributed by atoms with Crippen LogP contribution in [0.25, 0.3) is 0 Å². The molecule has 6 heteroatoms. The zero-order valence-corrected chi connectivity index (χ0v) is 13.2. The zero-order chi connectivity index (χ0) is 13.8. The summed E-state index contributed by atoms with van der Waals surface area (Å²) in [6, 6.07) is 5.46. The highest BCUT2D eigenvalue weighted by Gasteiger charge is 2.20. The molecular formula is C12H19BrN2O2S. The molecule has 0 fully saturated rings. The van der Waals surface area contributed by atoms with Gasteiger partial charge in [-0.25, -0.2) is 8.42 Å². The molecule has 0 spiro atoms. The van der Waals surface area contributed by atoms with Gasteiger partial charge in [0.05, 0.1) is 10.9 Å². The lowest BCUT2D eigenvalue weighted by Crippen LogP contribution is -2.34. The zero-order valence-electron chi connectivity index (χ0n) is 10.8. The Bertz CT molecular complexity index is 503. The summed E-state index contributed by atoms with van der Waals surface area (Å²) in [6.07, 6.45) is 0. The Morgan fingerprint density at radius 2 is 2.06 bits per heavy atom. The van der Waals surface area contributed by atoms with E-state index in [-0.39, 0.29) is 0 Å². The van der Waals surface area contributed by atoms with Crippen molar-refractivity contribution in [3.63, 3.8) is 0 Å². The predicted molar refractivity (Wildman–Crippen MR) is 79.4 cm³/mol. The molecule has 1 aromatic rings. The predicted octanol–water partition coefficient (Wildman–Crippen LogP) is 2.50. The molecule has 0 saturated carbocycles. The fraction of sp³-hybridized carbons (Fsp3) is 0.500. The third-order valence-corrected chi connectivity index (χ3v) is 5.32. The van der Waals surface area contributed by atoms with Gasteiger partial charge in [0.15, 0.2) is 0 Å². The molecule has 0 radical (unpaired) electrons. The maximum atomic E-state index is 12.1. The van der Waals surface area contributed by atoms with Crippen molar-refractivity contribution in [3.05, 3.63) is 28.2 Å². The van der Waals surface area contributed by atoms with E-state index in [9.17, 15) is 8.42 Å². The third-order valence-electron chi connectivity index (χ3n) is 2.73. The van der Waals surface area contributed by atoms with Crippen molar-refractivity contribution in [3.8, 4) is 0 Å². The Hall–Kier alpha value is -0.590. The number of anilines is 1. The summed E-state index contributed by atoms with van der Waals surface area (Å²) in [6.45, 7) is 6.72. The van der Waals surface area contributed by atoms with Crippen molar-refractivity contribution >= 4 is 31.6 Å². The molecule has 0 aliphatic rings. The summed E-state index contributed by atoms with van der Waals surface area (Å²) in [5, 5.41) is 2.56. The largest absolute Gasteiger partial charge is 0.316 e. The minimum atomic E-state index is -3.36. The van der Waals surface area contributed by atoms with Gasteiger partial charge in [0.2, 0.25) is 10.0 Å². The molecule has 4 nitrogen and oxygen atoms in total. The molecule has 102 valence electrons. The van der Waals surface area contributed by atoms with Crippen molar-refractivity contribution in [2.75, 3.05) is 17.8 Å². The van der Waals surface area contributed by atoms with Crippen LogP contribution in [0, 0.1) is 6.92 Å². The van der Waals surface area contributed by atoms with E-state index in [1.165, 1.54) is 0 Å². The molecule has 1 aromatic carbocycles. The van der Waals surface area contributed by atoms with Crippen LogP contribution < -0.4 is 10.0 Å². The van der Waals surface area contributed by atoms with Crippen molar-refractivity contribution in [1.29, 1.82) is 0 Å². The Labute approximate surface area is 117 Å². The Morgan fingerprint density at radius 1 is 1.39 bits per heavy atom. The molecule has 1 rings (SSSR count). The number of hydrogen-bond donors (Lipinski definition) is 2. The van der Waals surface area contributed by atoms with Crippen molar-refractivity contribution in [1.82, 2.24) is 5.32 Å². The summed E-state index contributed by atoms with van der Waals surface area (Å²) in [5.41, 5.74) is 1.50. The minimum Gasteiger partial charge on any atom is -0.316 e. The second-order valence-corrected chi connectivity index (χ2v) is 7.13. The Morgan fingerprint density at radius 3 is 2.67 bits per heavy atom. The molecule has 18 heavy (non-hydrogen) atoms. The maximum absolute atomic E-state index is 12.1. The highest BCUT2D eigenvalue weighted by atomic mass is 79.9. The topological polar surface area (TPSA) is 58.2 Å².